The van der Waals surface area contributed by atoms with Crippen molar-refractivity contribution in [2.75, 3.05) is 38.6 Å². The molecular weight excluding hydrogens is 328 g/mol. The van der Waals surface area contributed by atoms with Gasteiger partial charge < -0.3 is 14.4 Å². The van der Waals surface area contributed by atoms with Crippen LogP contribution < -0.4 is 0 Å². The van der Waals surface area contributed by atoms with Gasteiger partial charge in [-0.25, -0.2) is 4.98 Å². The highest BCUT2D eigenvalue weighted by molar-refractivity contribution is 8.01. The van der Waals surface area contributed by atoms with Crippen LogP contribution in [-0.2, 0) is 16.1 Å². The molecule has 0 aliphatic carbocycles. The number of aryl methyl sites for hydroxylation is 1. The summed E-state index contributed by atoms with van der Waals surface area (Å²) in [5.74, 6) is 2.00. The van der Waals surface area contributed by atoms with E-state index in [1.54, 1.807) is 11.3 Å². The minimum absolute atomic E-state index is 0.409. The molecule has 3 fully saturated rings. The van der Waals surface area contributed by atoms with E-state index in [1.807, 2.05) is 0 Å². The van der Waals surface area contributed by atoms with Gasteiger partial charge in [-0.15, -0.1) is 23.1 Å². The molecule has 0 bridgehead atoms. The first-order valence-electron chi connectivity index (χ1n) is 8.67. The van der Waals surface area contributed by atoms with Crippen LogP contribution in [0.4, 0.5) is 0 Å². The van der Waals surface area contributed by atoms with Crippen molar-refractivity contribution >= 4 is 23.1 Å². The highest BCUT2D eigenvalue weighted by atomic mass is 32.2. The van der Waals surface area contributed by atoms with Crippen LogP contribution >= 0.6 is 23.1 Å². The van der Waals surface area contributed by atoms with Crippen molar-refractivity contribution in [1.29, 1.82) is 0 Å². The second-order valence-corrected chi connectivity index (χ2v) is 9.76. The second kappa shape index (κ2) is 7.00. The van der Waals surface area contributed by atoms with Crippen molar-refractivity contribution in [1.82, 2.24) is 9.88 Å². The quantitative estimate of drug-likeness (QED) is 0.812. The molecule has 6 heteroatoms. The topological polar surface area (TPSA) is 34.6 Å². The van der Waals surface area contributed by atoms with Gasteiger partial charge in [0.1, 0.15) is 0 Å². The van der Waals surface area contributed by atoms with E-state index in [0.717, 1.165) is 35.6 Å². The van der Waals surface area contributed by atoms with Crippen molar-refractivity contribution in [2.45, 2.75) is 43.6 Å². The fourth-order valence-corrected chi connectivity index (χ4v) is 6.20. The first-order valence-corrected chi connectivity index (χ1v) is 10.5. The Hall–Kier alpha value is -0.140. The SMILES string of the molecule is Cc1nc(COC2CSC3(C2)CN(CC2CCOCC2)C3)cs1. The Balaban J connectivity index is 1.19. The summed E-state index contributed by atoms with van der Waals surface area (Å²) in [6, 6.07) is 0. The average molecular weight is 355 g/mol. The fourth-order valence-electron chi connectivity index (χ4n) is 4.00. The zero-order chi connectivity index (χ0) is 15.7. The van der Waals surface area contributed by atoms with Gasteiger partial charge in [-0.2, -0.15) is 0 Å². The summed E-state index contributed by atoms with van der Waals surface area (Å²) >= 11 is 3.84. The summed E-state index contributed by atoms with van der Waals surface area (Å²) in [5.41, 5.74) is 1.09. The van der Waals surface area contributed by atoms with Crippen molar-refractivity contribution < 1.29 is 9.47 Å². The van der Waals surface area contributed by atoms with Crippen LogP contribution in [0.5, 0.6) is 0 Å². The number of aromatic nitrogens is 1. The number of ether oxygens (including phenoxy) is 2. The zero-order valence-electron chi connectivity index (χ0n) is 13.8. The fraction of sp³-hybridized carbons (Fsp3) is 0.824. The van der Waals surface area contributed by atoms with Gasteiger partial charge in [-0.1, -0.05) is 0 Å². The van der Waals surface area contributed by atoms with Crippen LogP contribution in [-0.4, -0.2) is 59.3 Å². The summed E-state index contributed by atoms with van der Waals surface area (Å²) in [4.78, 5) is 7.14. The maximum atomic E-state index is 6.11. The molecule has 1 aromatic rings. The zero-order valence-corrected chi connectivity index (χ0v) is 15.5. The first-order chi connectivity index (χ1) is 11.2. The van der Waals surface area contributed by atoms with Gasteiger partial charge >= 0.3 is 0 Å². The van der Waals surface area contributed by atoms with Gasteiger partial charge in [0.2, 0.25) is 0 Å². The smallest absolute Gasteiger partial charge is 0.0900 e. The molecule has 1 spiro atoms. The monoisotopic (exact) mass is 354 g/mol. The molecule has 4 heterocycles. The number of nitrogens with zero attached hydrogens (tertiary/aromatic N) is 2. The Morgan fingerprint density at radius 3 is 2.96 bits per heavy atom. The van der Waals surface area contributed by atoms with Gasteiger partial charge in [0.05, 0.1) is 23.4 Å². The second-order valence-electron chi connectivity index (χ2n) is 7.21. The van der Waals surface area contributed by atoms with E-state index in [1.165, 1.54) is 38.9 Å². The molecule has 0 amide bonds. The molecule has 0 saturated carbocycles. The molecule has 1 aromatic heterocycles. The standard InChI is InChI=1S/C17H26N2O2S2/c1-13-18-15(9-22-13)8-21-16-6-17(23-10-16)11-19(12-17)7-14-2-4-20-5-3-14/h9,14,16H,2-8,10-12H2,1H3. The minimum Gasteiger partial charge on any atom is -0.381 e. The number of hydrogen-bond acceptors (Lipinski definition) is 6. The summed E-state index contributed by atoms with van der Waals surface area (Å²) in [5, 5.41) is 3.25. The van der Waals surface area contributed by atoms with Gasteiger partial charge in [0, 0.05) is 48.7 Å². The van der Waals surface area contributed by atoms with E-state index in [2.05, 4.69) is 33.9 Å². The Bertz CT molecular complexity index is 524. The summed E-state index contributed by atoms with van der Waals surface area (Å²) in [6.45, 7) is 8.44. The summed E-state index contributed by atoms with van der Waals surface area (Å²) in [7, 11) is 0. The molecule has 0 N–H and O–H groups in total. The third-order valence-electron chi connectivity index (χ3n) is 5.19. The van der Waals surface area contributed by atoms with Crippen LogP contribution in [0.2, 0.25) is 0 Å². The van der Waals surface area contributed by atoms with Crippen LogP contribution in [0.15, 0.2) is 5.38 Å². The number of likely N-dealkylation sites (tertiary alicyclic amines) is 1. The van der Waals surface area contributed by atoms with Crippen molar-refractivity contribution in [3.05, 3.63) is 16.1 Å². The van der Waals surface area contributed by atoms with Crippen LogP contribution in [0, 0.1) is 12.8 Å². The predicted octanol–water partition coefficient (Wildman–Crippen LogP) is 2.95. The van der Waals surface area contributed by atoms with E-state index in [4.69, 9.17) is 9.47 Å². The lowest BCUT2D eigenvalue weighted by molar-refractivity contribution is 0.0104. The maximum Gasteiger partial charge on any atom is 0.0900 e. The summed E-state index contributed by atoms with van der Waals surface area (Å²) in [6.07, 6.45) is 4.11. The lowest BCUT2D eigenvalue weighted by atomic mass is 9.90. The summed E-state index contributed by atoms with van der Waals surface area (Å²) < 4.78 is 12.0. The molecule has 1 unspecified atom stereocenters. The molecule has 23 heavy (non-hydrogen) atoms. The molecular formula is C17H26N2O2S2. The van der Waals surface area contributed by atoms with E-state index in [9.17, 15) is 0 Å². The third-order valence-corrected chi connectivity index (χ3v) is 7.59. The van der Waals surface area contributed by atoms with Crippen molar-refractivity contribution in [3.63, 3.8) is 0 Å². The molecule has 3 aliphatic rings. The predicted molar refractivity (Wildman–Crippen MR) is 95.2 cm³/mol. The Labute approximate surface area is 146 Å². The Morgan fingerprint density at radius 2 is 2.22 bits per heavy atom. The molecule has 0 aromatic carbocycles. The van der Waals surface area contributed by atoms with E-state index in [-0.39, 0.29) is 0 Å². The molecule has 0 radical (unpaired) electrons. The molecule has 4 nitrogen and oxygen atoms in total. The largest absolute Gasteiger partial charge is 0.381 e. The molecule has 128 valence electrons. The Morgan fingerprint density at radius 1 is 1.39 bits per heavy atom. The third kappa shape index (κ3) is 3.93. The van der Waals surface area contributed by atoms with Crippen LogP contribution in [0.25, 0.3) is 0 Å². The molecule has 1 atom stereocenters. The highest BCUT2D eigenvalue weighted by Crippen LogP contribution is 2.46. The van der Waals surface area contributed by atoms with E-state index < -0.39 is 0 Å². The number of hydrogen-bond donors (Lipinski definition) is 0. The maximum absolute atomic E-state index is 6.11. The van der Waals surface area contributed by atoms with Crippen molar-refractivity contribution in [2.24, 2.45) is 5.92 Å². The number of thiazole rings is 1. The van der Waals surface area contributed by atoms with Gasteiger partial charge in [-0.05, 0) is 32.1 Å². The lowest BCUT2D eigenvalue weighted by Gasteiger charge is -2.49. The lowest BCUT2D eigenvalue weighted by Crippen LogP contribution is -2.59. The average Bonchev–Trinajstić information content (AvgIpc) is 3.13. The van der Waals surface area contributed by atoms with Crippen molar-refractivity contribution in [3.8, 4) is 0 Å². The minimum atomic E-state index is 0.409. The van der Waals surface area contributed by atoms with Crippen LogP contribution in [0.3, 0.4) is 0 Å². The normalized spacial score (nSPS) is 28.3. The Kier molecular flexibility index (Phi) is 4.97. The van der Waals surface area contributed by atoms with Gasteiger partial charge in [-0.3, -0.25) is 0 Å². The highest BCUT2D eigenvalue weighted by Gasteiger charge is 2.49. The van der Waals surface area contributed by atoms with Gasteiger partial charge in [0.15, 0.2) is 0 Å². The van der Waals surface area contributed by atoms with Crippen LogP contribution in [0.1, 0.15) is 30.0 Å². The molecule has 4 rings (SSSR count). The number of rotatable bonds is 5. The van der Waals surface area contributed by atoms with E-state index in [0.29, 0.717) is 17.5 Å². The molecule has 3 aliphatic heterocycles. The van der Waals surface area contributed by atoms with E-state index >= 15 is 0 Å². The van der Waals surface area contributed by atoms with Gasteiger partial charge in [0.25, 0.3) is 0 Å². The first kappa shape index (κ1) is 16.3. The number of thioether (sulfide) groups is 1. The molecule has 3 saturated heterocycles.